The van der Waals surface area contributed by atoms with Crippen LogP contribution in [0.3, 0.4) is 0 Å². The zero-order valence-corrected chi connectivity index (χ0v) is 9.29. The summed E-state index contributed by atoms with van der Waals surface area (Å²) in [5.41, 5.74) is 0.259. The molecule has 2 aliphatic rings. The van der Waals surface area contributed by atoms with E-state index in [0.717, 1.165) is 12.5 Å². The van der Waals surface area contributed by atoms with E-state index in [4.69, 9.17) is 5.26 Å². The molecule has 0 N–H and O–H groups in total. The second kappa shape index (κ2) is 3.55. The minimum atomic E-state index is 0.259. The van der Waals surface area contributed by atoms with Gasteiger partial charge < -0.3 is 0 Å². The fraction of sp³-hybridized carbons (Fsp3) is 0.917. The Bertz CT molecular complexity index is 248. The van der Waals surface area contributed by atoms with Crippen molar-refractivity contribution < 1.29 is 0 Å². The van der Waals surface area contributed by atoms with Gasteiger partial charge >= 0.3 is 0 Å². The fourth-order valence-electron chi connectivity index (χ4n) is 2.89. The molecule has 0 aromatic heterocycles. The van der Waals surface area contributed by atoms with Crippen molar-refractivity contribution in [1.29, 1.82) is 5.26 Å². The van der Waals surface area contributed by atoms with Crippen molar-refractivity contribution in [1.82, 2.24) is 4.90 Å². The van der Waals surface area contributed by atoms with E-state index in [0.29, 0.717) is 5.92 Å². The Labute approximate surface area is 86.9 Å². The van der Waals surface area contributed by atoms with Gasteiger partial charge in [-0.25, -0.2) is 0 Å². The van der Waals surface area contributed by atoms with Gasteiger partial charge in [-0.1, -0.05) is 0 Å². The number of piperidine rings is 1. The molecule has 0 spiro atoms. The van der Waals surface area contributed by atoms with Crippen LogP contribution in [-0.2, 0) is 0 Å². The number of nitrogens with zero attached hydrogens (tertiary/aromatic N) is 2. The molecule has 2 rings (SSSR count). The maximum absolute atomic E-state index is 8.82. The van der Waals surface area contributed by atoms with Gasteiger partial charge in [0, 0.05) is 18.0 Å². The van der Waals surface area contributed by atoms with Crippen LogP contribution in [0.4, 0.5) is 0 Å². The van der Waals surface area contributed by atoms with E-state index in [-0.39, 0.29) is 5.54 Å². The monoisotopic (exact) mass is 192 g/mol. The second-order valence-electron chi connectivity index (χ2n) is 5.28. The van der Waals surface area contributed by atoms with Crippen LogP contribution in [0.25, 0.3) is 0 Å². The Morgan fingerprint density at radius 1 is 1.36 bits per heavy atom. The maximum atomic E-state index is 8.82. The first-order valence-corrected chi connectivity index (χ1v) is 5.80. The molecule has 1 aliphatic heterocycles. The van der Waals surface area contributed by atoms with Crippen LogP contribution in [0, 0.1) is 17.2 Å². The molecule has 0 bridgehead atoms. The highest BCUT2D eigenvalue weighted by molar-refractivity contribution is 5.01. The standard InChI is InChI=1S/C12H20N2/c1-12(2)10(7-8-13)4-3-9-14(12)11-5-6-11/h10-11H,3-7,9H2,1-2H3. The minimum Gasteiger partial charge on any atom is -0.295 e. The SMILES string of the molecule is CC1(C)C(CC#N)CCCN1C1CC1. The third kappa shape index (κ3) is 1.66. The summed E-state index contributed by atoms with van der Waals surface area (Å²) in [6.45, 7) is 5.90. The summed E-state index contributed by atoms with van der Waals surface area (Å²) in [6.07, 6.45) is 6.01. The third-order valence-corrected chi connectivity index (χ3v) is 4.02. The van der Waals surface area contributed by atoms with E-state index >= 15 is 0 Å². The predicted molar refractivity (Wildman–Crippen MR) is 56.8 cm³/mol. The van der Waals surface area contributed by atoms with Gasteiger partial charge in [-0.2, -0.15) is 5.26 Å². The summed E-state index contributed by atoms with van der Waals surface area (Å²) in [6, 6.07) is 3.19. The molecular weight excluding hydrogens is 172 g/mol. The topological polar surface area (TPSA) is 27.0 Å². The lowest BCUT2D eigenvalue weighted by Gasteiger charge is -2.48. The smallest absolute Gasteiger partial charge is 0.0625 e. The lowest BCUT2D eigenvalue weighted by Crippen LogP contribution is -2.54. The predicted octanol–water partition coefficient (Wildman–Crippen LogP) is 2.55. The molecule has 0 aromatic rings. The highest BCUT2D eigenvalue weighted by Gasteiger charge is 2.44. The summed E-state index contributed by atoms with van der Waals surface area (Å²) in [7, 11) is 0. The lowest BCUT2D eigenvalue weighted by atomic mass is 9.77. The van der Waals surface area contributed by atoms with Gasteiger partial charge in [-0.15, -0.1) is 0 Å². The van der Waals surface area contributed by atoms with Gasteiger partial charge in [-0.3, -0.25) is 4.90 Å². The molecule has 1 aliphatic carbocycles. The molecule has 1 atom stereocenters. The van der Waals surface area contributed by atoms with E-state index in [9.17, 15) is 0 Å². The van der Waals surface area contributed by atoms with Crippen LogP contribution in [0.15, 0.2) is 0 Å². The van der Waals surface area contributed by atoms with Crippen molar-refractivity contribution in [3.8, 4) is 6.07 Å². The van der Waals surface area contributed by atoms with Crippen molar-refractivity contribution in [2.75, 3.05) is 6.54 Å². The zero-order chi connectivity index (χ0) is 10.2. The van der Waals surface area contributed by atoms with E-state index < -0.39 is 0 Å². The number of hydrogen-bond acceptors (Lipinski definition) is 2. The number of hydrogen-bond donors (Lipinski definition) is 0. The largest absolute Gasteiger partial charge is 0.295 e. The molecule has 14 heavy (non-hydrogen) atoms. The summed E-state index contributed by atoms with van der Waals surface area (Å²) < 4.78 is 0. The Morgan fingerprint density at radius 2 is 2.07 bits per heavy atom. The van der Waals surface area contributed by atoms with Crippen molar-refractivity contribution in [3.63, 3.8) is 0 Å². The van der Waals surface area contributed by atoms with Gasteiger partial charge in [0.25, 0.3) is 0 Å². The number of likely N-dealkylation sites (tertiary alicyclic amines) is 1. The van der Waals surface area contributed by atoms with Crippen LogP contribution in [0.2, 0.25) is 0 Å². The van der Waals surface area contributed by atoms with Crippen LogP contribution in [0.5, 0.6) is 0 Å². The molecular formula is C12H20N2. The van der Waals surface area contributed by atoms with Crippen LogP contribution in [0.1, 0.15) is 46.0 Å². The van der Waals surface area contributed by atoms with Gasteiger partial charge in [0.15, 0.2) is 0 Å². The van der Waals surface area contributed by atoms with Crippen LogP contribution < -0.4 is 0 Å². The first kappa shape index (κ1) is 9.98. The molecule has 2 heteroatoms. The maximum Gasteiger partial charge on any atom is 0.0625 e. The third-order valence-electron chi connectivity index (χ3n) is 4.02. The summed E-state index contributed by atoms with van der Waals surface area (Å²) in [4.78, 5) is 2.65. The zero-order valence-electron chi connectivity index (χ0n) is 9.29. The normalized spacial score (nSPS) is 32.5. The Hall–Kier alpha value is -0.550. The van der Waals surface area contributed by atoms with Crippen LogP contribution >= 0.6 is 0 Å². The van der Waals surface area contributed by atoms with E-state index in [1.165, 1.54) is 32.2 Å². The summed E-state index contributed by atoms with van der Waals surface area (Å²) >= 11 is 0. The fourth-order valence-corrected chi connectivity index (χ4v) is 2.89. The molecule has 0 radical (unpaired) electrons. The average molecular weight is 192 g/mol. The molecule has 2 nitrogen and oxygen atoms in total. The lowest BCUT2D eigenvalue weighted by molar-refractivity contribution is 0.0168. The minimum absolute atomic E-state index is 0.259. The van der Waals surface area contributed by atoms with Gasteiger partial charge in [0.1, 0.15) is 0 Å². The molecule has 1 heterocycles. The average Bonchev–Trinajstić information content (AvgIpc) is 2.91. The first-order valence-electron chi connectivity index (χ1n) is 5.80. The first-order chi connectivity index (χ1) is 6.66. The van der Waals surface area contributed by atoms with Crippen molar-refractivity contribution in [3.05, 3.63) is 0 Å². The Morgan fingerprint density at radius 3 is 2.64 bits per heavy atom. The number of rotatable bonds is 2. The second-order valence-corrected chi connectivity index (χ2v) is 5.28. The highest BCUT2D eigenvalue weighted by Crippen LogP contribution is 2.42. The summed E-state index contributed by atoms with van der Waals surface area (Å²) in [5, 5.41) is 8.82. The van der Waals surface area contributed by atoms with Crippen molar-refractivity contribution >= 4 is 0 Å². The molecule has 78 valence electrons. The molecule has 0 amide bonds. The summed E-state index contributed by atoms with van der Waals surface area (Å²) in [5.74, 6) is 0.585. The van der Waals surface area contributed by atoms with Crippen LogP contribution in [-0.4, -0.2) is 23.0 Å². The van der Waals surface area contributed by atoms with E-state index in [1.54, 1.807) is 0 Å². The van der Waals surface area contributed by atoms with E-state index in [1.807, 2.05) is 0 Å². The highest BCUT2D eigenvalue weighted by atomic mass is 15.2. The van der Waals surface area contributed by atoms with Gasteiger partial charge in [0.2, 0.25) is 0 Å². The molecule has 1 saturated heterocycles. The van der Waals surface area contributed by atoms with Crippen molar-refractivity contribution in [2.45, 2.75) is 57.5 Å². The van der Waals surface area contributed by atoms with Gasteiger partial charge in [-0.05, 0) is 52.0 Å². The van der Waals surface area contributed by atoms with Crippen molar-refractivity contribution in [2.24, 2.45) is 5.92 Å². The Kier molecular flexibility index (Phi) is 2.53. The molecule has 1 saturated carbocycles. The molecule has 0 aromatic carbocycles. The quantitative estimate of drug-likeness (QED) is 0.672. The number of nitriles is 1. The van der Waals surface area contributed by atoms with E-state index in [2.05, 4.69) is 24.8 Å². The molecule has 1 unspecified atom stereocenters. The van der Waals surface area contributed by atoms with Gasteiger partial charge in [0.05, 0.1) is 6.07 Å². The Balaban J connectivity index is 2.08. The molecule has 2 fully saturated rings.